The van der Waals surface area contributed by atoms with Gasteiger partial charge in [0.25, 0.3) is 0 Å². The minimum Gasteiger partial charge on any atom is -0.493 e. The Hall–Kier alpha value is -1.26. The van der Waals surface area contributed by atoms with Crippen molar-refractivity contribution in [2.24, 2.45) is 0 Å². The van der Waals surface area contributed by atoms with Crippen LogP contribution in [0.15, 0.2) is 12.1 Å². The third-order valence-corrected chi connectivity index (χ3v) is 3.71. The minimum atomic E-state index is -0.621. The Bertz CT molecular complexity index is 444. The second kappa shape index (κ2) is 5.80. The maximum Gasteiger partial charge on any atom is 0.161 e. The van der Waals surface area contributed by atoms with E-state index in [-0.39, 0.29) is 12.2 Å². The van der Waals surface area contributed by atoms with Crippen LogP contribution in [0.4, 0.5) is 0 Å². The van der Waals surface area contributed by atoms with Crippen molar-refractivity contribution in [3.63, 3.8) is 0 Å². The Morgan fingerprint density at radius 2 is 1.84 bits per heavy atom. The zero-order valence-electron chi connectivity index (χ0n) is 12.0. The molecule has 1 heterocycles. The van der Waals surface area contributed by atoms with E-state index in [4.69, 9.17) is 14.2 Å². The van der Waals surface area contributed by atoms with Gasteiger partial charge in [0.15, 0.2) is 11.5 Å². The van der Waals surface area contributed by atoms with Crippen LogP contribution in [0.25, 0.3) is 0 Å². The fourth-order valence-electron chi connectivity index (χ4n) is 2.58. The zero-order chi connectivity index (χ0) is 14.0. The fourth-order valence-corrected chi connectivity index (χ4v) is 2.58. The molecule has 1 aliphatic rings. The van der Waals surface area contributed by atoms with Crippen LogP contribution in [0.2, 0.25) is 0 Å². The second-order valence-electron chi connectivity index (χ2n) is 5.07. The van der Waals surface area contributed by atoms with E-state index < -0.39 is 6.10 Å². The highest BCUT2D eigenvalue weighted by atomic mass is 16.5. The summed E-state index contributed by atoms with van der Waals surface area (Å²) in [7, 11) is 3.20. The SMILES string of the molecule is COc1cc(C)c(C(O)C2CCC(C)O2)cc1OC. The maximum atomic E-state index is 10.5. The molecular formula is C15H22O4. The summed E-state index contributed by atoms with van der Waals surface area (Å²) in [6.45, 7) is 3.99. The van der Waals surface area contributed by atoms with Gasteiger partial charge in [0, 0.05) is 0 Å². The Kier molecular flexibility index (Phi) is 4.32. The number of aliphatic hydroxyl groups is 1. The van der Waals surface area contributed by atoms with Gasteiger partial charge in [-0.3, -0.25) is 0 Å². The molecule has 1 fully saturated rings. The third-order valence-electron chi connectivity index (χ3n) is 3.71. The van der Waals surface area contributed by atoms with Crippen molar-refractivity contribution in [2.75, 3.05) is 14.2 Å². The van der Waals surface area contributed by atoms with E-state index in [0.29, 0.717) is 11.5 Å². The first-order chi connectivity index (χ1) is 9.06. The molecule has 4 nitrogen and oxygen atoms in total. The van der Waals surface area contributed by atoms with Crippen molar-refractivity contribution in [3.05, 3.63) is 23.3 Å². The summed E-state index contributed by atoms with van der Waals surface area (Å²) in [5.74, 6) is 1.31. The van der Waals surface area contributed by atoms with Gasteiger partial charge in [-0.2, -0.15) is 0 Å². The number of aryl methyl sites for hydroxylation is 1. The highest BCUT2D eigenvalue weighted by molar-refractivity contribution is 5.48. The predicted molar refractivity (Wildman–Crippen MR) is 72.8 cm³/mol. The molecule has 0 amide bonds. The predicted octanol–water partition coefficient (Wildman–Crippen LogP) is 2.61. The number of methoxy groups -OCH3 is 2. The van der Waals surface area contributed by atoms with Crippen molar-refractivity contribution >= 4 is 0 Å². The summed E-state index contributed by atoms with van der Waals surface area (Å²) >= 11 is 0. The van der Waals surface area contributed by atoms with Crippen molar-refractivity contribution in [2.45, 2.75) is 45.0 Å². The van der Waals surface area contributed by atoms with Crippen LogP contribution in [-0.4, -0.2) is 31.5 Å². The summed E-state index contributed by atoms with van der Waals surface area (Å²) in [5, 5.41) is 10.5. The maximum absolute atomic E-state index is 10.5. The number of hydrogen-bond donors (Lipinski definition) is 1. The minimum absolute atomic E-state index is 0.133. The molecule has 0 radical (unpaired) electrons. The molecule has 3 atom stereocenters. The Morgan fingerprint density at radius 1 is 1.21 bits per heavy atom. The van der Waals surface area contributed by atoms with E-state index in [1.54, 1.807) is 14.2 Å². The van der Waals surface area contributed by atoms with E-state index in [1.165, 1.54) is 0 Å². The van der Waals surface area contributed by atoms with E-state index in [1.807, 2.05) is 26.0 Å². The highest BCUT2D eigenvalue weighted by Gasteiger charge is 2.30. The van der Waals surface area contributed by atoms with Gasteiger partial charge in [0.1, 0.15) is 6.10 Å². The van der Waals surface area contributed by atoms with E-state index in [9.17, 15) is 5.11 Å². The van der Waals surface area contributed by atoms with E-state index in [2.05, 4.69) is 0 Å². The number of ether oxygens (including phenoxy) is 3. The Balaban J connectivity index is 2.28. The van der Waals surface area contributed by atoms with Gasteiger partial charge in [-0.15, -0.1) is 0 Å². The summed E-state index contributed by atoms with van der Waals surface area (Å²) in [5.41, 5.74) is 1.82. The molecule has 106 valence electrons. The standard InChI is InChI=1S/C15H22O4/c1-9-7-13(17-3)14(18-4)8-11(9)15(16)12-6-5-10(2)19-12/h7-8,10,12,15-16H,5-6H2,1-4H3. The number of rotatable bonds is 4. The molecular weight excluding hydrogens is 244 g/mol. The largest absolute Gasteiger partial charge is 0.493 e. The average molecular weight is 266 g/mol. The summed E-state index contributed by atoms with van der Waals surface area (Å²) in [4.78, 5) is 0. The topological polar surface area (TPSA) is 47.9 Å². The lowest BCUT2D eigenvalue weighted by atomic mass is 9.97. The average Bonchev–Trinajstić information content (AvgIpc) is 2.84. The van der Waals surface area contributed by atoms with Crippen molar-refractivity contribution in [1.29, 1.82) is 0 Å². The lowest BCUT2D eigenvalue weighted by Crippen LogP contribution is -2.19. The molecule has 3 unspecified atom stereocenters. The summed E-state index contributed by atoms with van der Waals surface area (Å²) in [6, 6.07) is 3.72. The molecule has 0 saturated carbocycles. The molecule has 1 N–H and O–H groups in total. The Labute approximate surface area is 114 Å². The normalized spacial score (nSPS) is 24.3. The van der Waals surface area contributed by atoms with Crippen molar-refractivity contribution in [1.82, 2.24) is 0 Å². The number of hydrogen-bond acceptors (Lipinski definition) is 4. The molecule has 1 aromatic carbocycles. The third kappa shape index (κ3) is 2.85. The van der Waals surface area contributed by atoms with Gasteiger partial charge >= 0.3 is 0 Å². The van der Waals surface area contributed by atoms with Crippen LogP contribution in [0.5, 0.6) is 11.5 Å². The molecule has 0 aromatic heterocycles. The lowest BCUT2D eigenvalue weighted by Gasteiger charge is -2.22. The van der Waals surface area contributed by atoms with Gasteiger partial charge in [-0.1, -0.05) is 0 Å². The molecule has 0 aliphatic carbocycles. The van der Waals surface area contributed by atoms with E-state index in [0.717, 1.165) is 24.0 Å². The van der Waals surface area contributed by atoms with Crippen molar-refractivity contribution < 1.29 is 19.3 Å². The highest BCUT2D eigenvalue weighted by Crippen LogP contribution is 2.37. The van der Waals surface area contributed by atoms with Crippen LogP contribution < -0.4 is 9.47 Å². The Morgan fingerprint density at radius 3 is 2.37 bits per heavy atom. The van der Waals surface area contributed by atoms with Gasteiger partial charge < -0.3 is 19.3 Å². The van der Waals surface area contributed by atoms with Crippen LogP contribution in [0, 0.1) is 6.92 Å². The lowest BCUT2D eigenvalue weighted by molar-refractivity contribution is -0.0300. The second-order valence-corrected chi connectivity index (χ2v) is 5.07. The molecule has 1 saturated heterocycles. The van der Waals surface area contributed by atoms with E-state index >= 15 is 0 Å². The molecule has 2 rings (SSSR count). The smallest absolute Gasteiger partial charge is 0.161 e. The monoisotopic (exact) mass is 266 g/mol. The van der Waals surface area contributed by atoms with Crippen LogP contribution >= 0.6 is 0 Å². The van der Waals surface area contributed by atoms with Gasteiger partial charge in [0.2, 0.25) is 0 Å². The van der Waals surface area contributed by atoms with Crippen LogP contribution in [0.3, 0.4) is 0 Å². The van der Waals surface area contributed by atoms with Crippen LogP contribution in [-0.2, 0) is 4.74 Å². The number of benzene rings is 1. The molecule has 0 spiro atoms. The molecule has 19 heavy (non-hydrogen) atoms. The summed E-state index contributed by atoms with van der Waals surface area (Å²) < 4.78 is 16.3. The van der Waals surface area contributed by atoms with Gasteiger partial charge in [-0.05, 0) is 49.9 Å². The van der Waals surface area contributed by atoms with Gasteiger partial charge in [-0.25, -0.2) is 0 Å². The molecule has 1 aromatic rings. The van der Waals surface area contributed by atoms with Gasteiger partial charge in [0.05, 0.1) is 26.4 Å². The number of aliphatic hydroxyl groups excluding tert-OH is 1. The first kappa shape index (κ1) is 14.2. The molecule has 4 heteroatoms. The van der Waals surface area contributed by atoms with Crippen LogP contribution in [0.1, 0.15) is 37.0 Å². The quantitative estimate of drug-likeness (QED) is 0.910. The molecule has 1 aliphatic heterocycles. The zero-order valence-corrected chi connectivity index (χ0v) is 12.0. The molecule has 0 bridgehead atoms. The first-order valence-corrected chi connectivity index (χ1v) is 6.62. The van der Waals surface area contributed by atoms with Crippen molar-refractivity contribution in [3.8, 4) is 11.5 Å². The summed E-state index contributed by atoms with van der Waals surface area (Å²) in [6.07, 6.45) is 1.35. The first-order valence-electron chi connectivity index (χ1n) is 6.62. The fraction of sp³-hybridized carbons (Fsp3) is 0.600.